The zero-order valence-electron chi connectivity index (χ0n) is 13.5. The maximum Gasteiger partial charge on any atom is 0.123 e. The molecule has 118 valence electrons. The second kappa shape index (κ2) is 8.37. The number of piperidine rings is 1. The molecule has 0 saturated carbocycles. The van der Waals surface area contributed by atoms with Crippen molar-refractivity contribution in [1.29, 1.82) is 0 Å². The van der Waals surface area contributed by atoms with Crippen LogP contribution in [0, 0.1) is 5.92 Å². The fourth-order valence-corrected chi connectivity index (χ4v) is 3.18. The van der Waals surface area contributed by atoms with Crippen LogP contribution in [0.1, 0.15) is 24.0 Å². The normalized spacial score (nSPS) is 19.7. The number of methoxy groups -OCH3 is 2. The number of ether oxygens (including phenoxy) is 2. The number of nitrogens with zero attached hydrogens (tertiary/aromatic N) is 1. The summed E-state index contributed by atoms with van der Waals surface area (Å²) in [5.41, 5.74) is 2.59. The first kappa shape index (κ1) is 16.3. The lowest BCUT2D eigenvalue weighted by Gasteiger charge is -2.32. The molecule has 1 N–H and O–H groups in total. The average Bonchev–Trinajstić information content (AvgIpc) is 2.49. The fourth-order valence-electron chi connectivity index (χ4n) is 3.18. The van der Waals surface area contributed by atoms with E-state index in [1.165, 1.54) is 30.5 Å². The third-order valence-electron chi connectivity index (χ3n) is 4.13. The Bertz CT molecular complexity index is 435. The number of nitrogens with one attached hydrogen (secondary N) is 1. The molecule has 1 heterocycles. The van der Waals surface area contributed by atoms with E-state index in [9.17, 15) is 0 Å². The van der Waals surface area contributed by atoms with Gasteiger partial charge in [-0.2, -0.15) is 0 Å². The molecule has 1 aliphatic heterocycles. The molecule has 1 aromatic carbocycles. The summed E-state index contributed by atoms with van der Waals surface area (Å²) in [5.74, 6) is 1.65. The summed E-state index contributed by atoms with van der Waals surface area (Å²) in [6.45, 7) is 5.00. The van der Waals surface area contributed by atoms with Crippen LogP contribution in [0.2, 0.25) is 0 Å². The summed E-state index contributed by atoms with van der Waals surface area (Å²) in [5, 5.41) is 3.21. The molecule has 0 radical (unpaired) electrons. The molecule has 4 nitrogen and oxygen atoms in total. The summed E-state index contributed by atoms with van der Waals surface area (Å²) < 4.78 is 10.8. The van der Waals surface area contributed by atoms with Gasteiger partial charge in [0.15, 0.2) is 0 Å². The van der Waals surface area contributed by atoms with Crippen molar-refractivity contribution in [2.45, 2.75) is 25.9 Å². The van der Waals surface area contributed by atoms with Crippen LogP contribution in [0.5, 0.6) is 5.75 Å². The van der Waals surface area contributed by atoms with E-state index >= 15 is 0 Å². The Hall–Kier alpha value is -1.10. The SMILES string of the molecule is CNCc1ccc(OC)c(CN2CCCC(COC)C2)c1. The number of hydrogen-bond acceptors (Lipinski definition) is 4. The predicted octanol–water partition coefficient (Wildman–Crippen LogP) is 2.27. The van der Waals surface area contributed by atoms with Crippen molar-refractivity contribution in [3.05, 3.63) is 29.3 Å². The Morgan fingerprint density at radius 1 is 1.33 bits per heavy atom. The Morgan fingerprint density at radius 3 is 2.90 bits per heavy atom. The summed E-state index contributed by atoms with van der Waals surface area (Å²) in [4.78, 5) is 2.52. The molecule has 1 aliphatic rings. The molecule has 1 atom stereocenters. The molecule has 0 bridgehead atoms. The van der Waals surface area contributed by atoms with Crippen molar-refractivity contribution in [3.8, 4) is 5.75 Å². The predicted molar refractivity (Wildman–Crippen MR) is 85.6 cm³/mol. The van der Waals surface area contributed by atoms with E-state index in [1.807, 2.05) is 7.05 Å². The summed E-state index contributed by atoms with van der Waals surface area (Å²) in [7, 11) is 5.52. The molecule has 1 saturated heterocycles. The lowest BCUT2D eigenvalue weighted by atomic mass is 9.98. The molecule has 1 fully saturated rings. The Labute approximate surface area is 128 Å². The summed E-state index contributed by atoms with van der Waals surface area (Å²) in [6, 6.07) is 6.47. The lowest BCUT2D eigenvalue weighted by molar-refractivity contribution is 0.0870. The monoisotopic (exact) mass is 292 g/mol. The number of rotatable bonds is 7. The quantitative estimate of drug-likeness (QED) is 0.836. The van der Waals surface area contributed by atoms with Gasteiger partial charge in [-0.3, -0.25) is 4.90 Å². The zero-order chi connectivity index (χ0) is 15.1. The van der Waals surface area contributed by atoms with E-state index in [0.717, 1.165) is 32.0 Å². The van der Waals surface area contributed by atoms with E-state index in [4.69, 9.17) is 9.47 Å². The van der Waals surface area contributed by atoms with Crippen LogP contribution in [0.25, 0.3) is 0 Å². The van der Waals surface area contributed by atoms with Crippen LogP contribution >= 0.6 is 0 Å². The number of likely N-dealkylation sites (tertiary alicyclic amines) is 1. The van der Waals surface area contributed by atoms with Gasteiger partial charge in [0.2, 0.25) is 0 Å². The standard InChI is InChI=1S/C17H28N2O2/c1-18-10-14-6-7-17(21-3)16(9-14)12-19-8-4-5-15(11-19)13-20-2/h6-7,9,15,18H,4-5,8,10-13H2,1-3H3. The van der Waals surface area contributed by atoms with E-state index < -0.39 is 0 Å². The highest BCUT2D eigenvalue weighted by Crippen LogP contribution is 2.24. The van der Waals surface area contributed by atoms with Gasteiger partial charge in [-0.05, 0) is 50.0 Å². The van der Waals surface area contributed by atoms with Gasteiger partial charge in [0.1, 0.15) is 5.75 Å². The van der Waals surface area contributed by atoms with Crippen LogP contribution in [-0.4, -0.2) is 45.9 Å². The minimum atomic E-state index is 0.662. The first-order valence-corrected chi connectivity index (χ1v) is 7.78. The third-order valence-corrected chi connectivity index (χ3v) is 4.13. The van der Waals surface area contributed by atoms with Gasteiger partial charge < -0.3 is 14.8 Å². The van der Waals surface area contributed by atoms with E-state index in [2.05, 4.69) is 28.4 Å². The van der Waals surface area contributed by atoms with Crippen molar-refractivity contribution in [3.63, 3.8) is 0 Å². The van der Waals surface area contributed by atoms with Crippen molar-refractivity contribution in [1.82, 2.24) is 10.2 Å². The summed E-state index contributed by atoms with van der Waals surface area (Å²) in [6.07, 6.45) is 2.54. The molecule has 1 aromatic rings. The lowest BCUT2D eigenvalue weighted by Crippen LogP contribution is -2.36. The van der Waals surface area contributed by atoms with Crippen molar-refractivity contribution in [2.75, 3.05) is 41.0 Å². The molecule has 21 heavy (non-hydrogen) atoms. The summed E-state index contributed by atoms with van der Waals surface area (Å²) >= 11 is 0. The van der Waals surface area contributed by atoms with Gasteiger partial charge >= 0.3 is 0 Å². The maximum atomic E-state index is 5.52. The van der Waals surface area contributed by atoms with Gasteiger partial charge in [0.25, 0.3) is 0 Å². The fraction of sp³-hybridized carbons (Fsp3) is 0.647. The molecular formula is C17H28N2O2. The second-order valence-corrected chi connectivity index (χ2v) is 5.88. The molecule has 0 aromatic heterocycles. The zero-order valence-corrected chi connectivity index (χ0v) is 13.5. The molecule has 1 unspecified atom stereocenters. The van der Waals surface area contributed by atoms with Gasteiger partial charge in [-0.25, -0.2) is 0 Å². The largest absolute Gasteiger partial charge is 0.496 e. The van der Waals surface area contributed by atoms with Gasteiger partial charge in [-0.15, -0.1) is 0 Å². The topological polar surface area (TPSA) is 33.7 Å². The number of benzene rings is 1. The van der Waals surface area contributed by atoms with Crippen LogP contribution in [0.15, 0.2) is 18.2 Å². The third kappa shape index (κ3) is 4.70. The highest BCUT2D eigenvalue weighted by Gasteiger charge is 2.20. The van der Waals surface area contributed by atoms with E-state index in [-0.39, 0.29) is 0 Å². The van der Waals surface area contributed by atoms with Crippen molar-refractivity contribution in [2.24, 2.45) is 5.92 Å². The van der Waals surface area contributed by atoms with E-state index in [1.54, 1.807) is 14.2 Å². The van der Waals surface area contributed by atoms with Gasteiger partial charge in [0.05, 0.1) is 13.7 Å². The first-order chi connectivity index (χ1) is 10.3. The van der Waals surface area contributed by atoms with Crippen molar-refractivity contribution >= 4 is 0 Å². The first-order valence-electron chi connectivity index (χ1n) is 7.78. The minimum Gasteiger partial charge on any atom is -0.496 e. The van der Waals surface area contributed by atoms with Gasteiger partial charge in [-0.1, -0.05) is 6.07 Å². The minimum absolute atomic E-state index is 0.662. The van der Waals surface area contributed by atoms with Gasteiger partial charge in [0, 0.05) is 32.3 Å². The molecule has 2 rings (SSSR count). The van der Waals surface area contributed by atoms with Crippen LogP contribution in [0.3, 0.4) is 0 Å². The number of hydrogen-bond donors (Lipinski definition) is 1. The maximum absolute atomic E-state index is 5.52. The van der Waals surface area contributed by atoms with Crippen molar-refractivity contribution < 1.29 is 9.47 Å². The highest BCUT2D eigenvalue weighted by molar-refractivity contribution is 5.37. The molecule has 0 spiro atoms. The molecule has 0 aliphatic carbocycles. The Kier molecular flexibility index (Phi) is 6.49. The van der Waals surface area contributed by atoms with Crippen LogP contribution < -0.4 is 10.1 Å². The molecular weight excluding hydrogens is 264 g/mol. The van der Waals surface area contributed by atoms with Crippen LogP contribution in [0.4, 0.5) is 0 Å². The Morgan fingerprint density at radius 2 is 2.19 bits per heavy atom. The molecule has 0 amide bonds. The Balaban J connectivity index is 2.04. The highest BCUT2D eigenvalue weighted by atomic mass is 16.5. The molecule has 4 heteroatoms. The van der Waals surface area contributed by atoms with Crippen LogP contribution in [-0.2, 0) is 17.8 Å². The van der Waals surface area contributed by atoms with E-state index in [0.29, 0.717) is 5.92 Å². The average molecular weight is 292 g/mol. The smallest absolute Gasteiger partial charge is 0.123 e. The second-order valence-electron chi connectivity index (χ2n) is 5.88.